The van der Waals surface area contributed by atoms with Crippen molar-refractivity contribution >= 4 is 11.6 Å². The smallest absolute Gasteiger partial charge is 0.0409 e. The Bertz CT molecular complexity index is 351. The number of hydrogen-bond donors (Lipinski definition) is 1. The Balaban J connectivity index is 2.61. The summed E-state index contributed by atoms with van der Waals surface area (Å²) in [5.74, 6) is 0.782. The zero-order valence-electron chi connectivity index (χ0n) is 12.0. The van der Waals surface area contributed by atoms with Crippen LogP contribution in [-0.4, -0.2) is 6.04 Å². The molecule has 0 spiro atoms. The first-order valence-electron chi connectivity index (χ1n) is 7.08. The summed E-state index contributed by atoms with van der Waals surface area (Å²) in [7, 11) is 0. The number of halogens is 1. The van der Waals surface area contributed by atoms with Gasteiger partial charge < -0.3 is 5.32 Å². The predicted octanol–water partition coefficient (Wildman–Crippen LogP) is 5.21. The molecule has 102 valence electrons. The second-order valence-corrected chi connectivity index (χ2v) is 5.77. The quantitative estimate of drug-likeness (QED) is 0.715. The SMILES string of the molecule is CCC(C)CC(C)NC(CC)c1cccc(Cl)c1. The molecule has 0 saturated carbocycles. The minimum atomic E-state index is 0.405. The van der Waals surface area contributed by atoms with Crippen molar-refractivity contribution in [2.75, 3.05) is 0 Å². The topological polar surface area (TPSA) is 12.0 Å². The van der Waals surface area contributed by atoms with Gasteiger partial charge >= 0.3 is 0 Å². The van der Waals surface area contributed by atoms with Crippen molar-refractivity contribution in [2.24, 2.45) is 5.92 Å². The molecule has 3 unspecified atom stereocenters. The van der Waals surface area contributed by atoms with E-state index in [0.29, 0.717) is 12.1 Å². The molecule has 0 aliphatic heterocycles. The Morgan fingerprint density at radius 3 is 2.44 bits per heavy atom. The minimum absolute atomic E-state index is 0.405. The number of nitrogens with one attached hydrogen (secondary N) is 1. The van der Waals surface area contributed by atoms with Gasteiger partial charge in [0.2, 0.25) is 0 Å². The van der Waals surface area contributed by atoms with Gasteiger partial charge in [0.1, 0.15) is 0 Å². The van der Waals surface area contributed by atoms with Gasteiger partial charge in [-0.3, -0.25) is 0 Å². The molecule has 0 bridgehead atoms. The lowest BCUT2D eigenvalue weighted by molar-refractivity contribution is 0.371. The highest BCUT2D eigenvalue weighted by Crippen LogP contribution is 2.22. The Morgan fingerprint density at radius 2 is 1.89 bits per heavy atom. The second-order valence-electron chi connectivity index (χ2n) is 5.33. The monoisotopic (exact) mass is 267 g/mol. The van der Waals surface area contributed by atoms with E-state index in [1.54, 1.807) is 0 Å². The van der Waals surface area contributed by atoms with Crippen LogP contribution in [0.3, 0.4) is 0 Å². The van der Waals surface area contributed by atoms with Crippen LogP contribution in [0.25, 0.3) is 0 Å². The van der Waals surface area contributed by atoms with Crippen LogP contribution in [0.15, 0.2) is 24.3 Å². The van der Waals surface area contributed by atoms with Crippen LogP contribution in [-0.2, 0) is 0 Å². The minimum Gasteiger partial charge on any atom is -0.307 e. The number of benzene rings is 1. The molecule has 0 aliphatic rings. The highest BCUT2D eigenvalue weighted by atomic mass is 35.5. The van der Waals surface area contributed by atoms with Gasteiger partial charge in [0.25, 0.3) is 0 Å². The molecule has 0 amide bonds. The summed E-state index contributed by atoms with van der Waals surface area (Å²) < 4.78 is 0. The van der Waals surface area contributed by atoms with E-state index in [2.05, 4.69) is 45.1 Å². The highest BCUT2D eigenvalue weighted by Gasteiger charge is 2.14. The third kappa shape index (κ3) is 4.99. The van der Waals surface area contributed by atoms with E-state index >= 15 is 0 Å². The largest absolute Gasteiger partial charge is 0.307 e. The van der Waals surface area contributed by atoms with Crippen molar-refractivity contribution < 1.29 is 0 Å². The number of hydrogen-bond acceptors (Lipinski definition) is 1. The van der Waals surface area contributed by atoms with Gasteiger partial charge in [-0.05, 0) is 43.4 Å². The van der Waals surface area contributed by atoms with Crippen molar-refractivity contribution in [3.05, 3.63) is 34.9 Å². The summed E-state index contributed by atoms with van der Waals surface area (Å²) in [6, 6.07) is 9.13. The molecule has 0 fully saturated rings. The van der Waals surface area contributed by atoms with Gasteiger partial charge in [0.05, 0.1) is 0 Å². The lowest BCUT2D eigenvalue weighted by atomic mass is 9.98. The molecule has 1 aromatic rings. The zero-order chi connectivity index (χ0) is 13.5. The molecule has 0 heterocycles. The summed E-state index contributed by atoms with van der Waals surface area (Å²) in [5.41, 5.74) is 1.29. The molecule has 1 N–H and O–H groups in total. The van der Waals surface area contributed by atoms with E-state index < -0.39 is 0 Å². The second kappa shape index (κ2) is 7.81. The summed E-state index contributed by atoms with van der Waals surface area (Å²) in [5, 5.41) is 4.54. The van der Waals surface area contributed by atoms with Crippen molar-refractivity contribution in [1.29, 1.82) is 0 Å². The molecule has 0 aromatic heterocycles. The van der Waals surface area contributed by atoms with Crippen molar-refractivity contribution in [2.45, 2.75) is 59.0 Å². The van der Waals surface area contributed by atoms with Crippen LogP contribution in [0.5, 0.6) is 0 Å². The summed E-state index contributed by atoms with van der Waals surface area (Å²) >= 11 is 6.06. The molecule has 0 radical (unpaired) electrons. The Labute approximate surface area is 117 Å². The van der Waals surface area contributed by atoms with Gasteiger partial charge in [0, 0.05) is 17.1 Å². The Morgan fingerprint density at radius 1 is 1.17 bits per heavy atom. The molecular weight excluding hydrogens is 242 g/mol. The first-order chi connectivity index (χ1) is 8.56. The maximum atomic E-state index is 6.06. The van der Waals surface area contributed by atoms with Crippen LogP contribution in [0.2, 0.25) is 5.02 Å². The fraction of sp³-hybridized carbons (Fsp3) is 0.625. The van der Waals surface area contributed by atoms with Gasteiger partial charge in [-0.2, -0.15) is 0 Å². The summed E-state index contributed by atoms with van der Waals surface area (Å²) in [4.78, 5) is 0. The normalized spacial score (nSPS) is 16.3. The van der Waals surface area contributed by atoms with Crippen LogP contribution in [0, 0.1) is 5.92 Å². The van der Waals surface area contributed by atoms with Gasteiger partial charge in [0.15, 0.2) is 0 Å². The van der Waals surface area contributed by atoms with Crippen LogP contribution < -0.4 is 5.32 Å². The number of rotatable bonds is 7. The Kier molecular flexibility index (Phi) is 6.73. The van der Waals surface area contributed by atoms with E-state index in [0.717, 1.165) is 17.4 Å². The average molecular weight is 268 g/mol. The van der Waals surface area contributed by atoms with Gasteiger partial charge in [-0.15, -0.1) is 0 Å². The molecular formula is C16H26ClN. The average Bonchev–Trinajstić information content (AvgIpc) is 2.35. The van der Waals surface area contributed by atoms with Crippen LogP contribution in [0.4, 0.5) is 0 Å². The molecule has 18 heavy (non-hydrogen) atoms. The van der Waals surface area contributed by atoms with Crippen molar-refractivity contribution in [3.63, 3.8) is 0 Å². The summed E-state index contributed by atoms with van der Waals surface area (Å²) in [6.45, 7) is 9.07. The van der Waals surface area contributed by atoms with E-state index in [-0.39, 0.29) is 0 Å². The van der Waals surface area contributed by atoms with E-state index in [1.165, 1.54) is 18.4 Å². The molecule has 0 aliphatic carbocycles. The van der Waals surface area contributed by atoms with Crippen molar-refractivity contribution in [1.82, 2.24) is 5.32 Å². The lowest BCUT2D eigenvalue weighted by Crippen LogP contribution is -2.31. The fourth-order valence-electron chi connectivity index (χ4n) is 2.35. The molecule has 1 nitrogen and oxygen atoms in total. The first kappa shape index (κ1) is 15.5. The maximum Gasteiger partial charge on any atom is 0.0409 e. The fourth-order valence-corrected chi connectivity index (χ4v) is 2.55. The lowest BCUT2D eigenvalue weighted by Gasteiger charge is -2.24. The van der Waals surface area contributed by atoms with E-state index in [9.17, 15) is 0 Å². The zero-order valence-corrected chi connectivity index (χ0v) is 12.8. The molecule has 0 saturated heterocycles. The molecule has 2 heteroatoms. The van der Waals surface area contributed by atoms with Crippen LogP contribution >= 0.6 is 11.6 Å². The molecule has 1 aromatic carbocycles. The van der Waals surface area contributed by atoms with Gasteiger partial charge in [-0.1, -0.05) is 50.9 Å². The predicted molar refractivity (Wildman–Crippen MR) is 81.2 cm³/mol. The van der Waals surface area contributed by atoms with Gasteiger partial charge in [-0.25, -0.2) is 0 Å². The Hall–Kier alpha value is -0.530. The van der Waals surface area contributed by atoms with Crippen LogP contribution in [0.1, 0.15) is 58.6 Å². The third-order valence-corrected chi connectivity index (χ3v) is 3.83. The standard InChI is InChI=1S/C16H26ClN/c1-5-12(3)10-13(4)18-16(6-2)14-8-7-9-15(17)11-14/h7-9,11-13,16,18H,5-6,10H2,1-4H3. The maximum absolute atomic E-state index is 6.06. The highest BCUT2D eigenvalue weighted by molar-refractivity contribution is 6.30. The molecule has 3 atom stereocenters. The van der Waals surface area contributed by atoms with E-state index in [1.807, 2.05) is 12.1 Å². The molecule has 1 rings (SSSR count). The van der Waals surface area contributed by atoms with Crippen molar-refractivity contribution in [3.8, 4) is 0 Å². The summed E-state index contributed by atoms with van der Waals surface area (Å²) in [6.07, 6.45) is 3.57. The third-order valence-electron chi connectivity index (χ3n) is 3.60. The first-order valence-corrected chi connectivity index (χ1v) is 7.46. The van der Waals surface area contributed by atoms with E-state index in [4.69, 9.17) is 11.6 Å².